The number of hydrogen-bond donors (Lipinski definition) is 2. The van der Waals surface area contributed by atoms with Crippen molar-refractivity contribution in [3.8, 4) is 0 Å². The Morgan fingerprint density at radius 1 is 1.14 bits per heavy atom. The summed E-state index contributed by atoms with van der Waals surface area (Å²) in [5.41, 5.74) is 6.37. The molecule has 0 aliphatic rings. The summed E-state index contributed by atoms with van der Waals surface area (Å²) in [5, 5.41) is 10.9. The molecule has 1 aromatic carbocycles. The summed E-state index contributed by atoms with van der Waals surface area (Å²) < 4.78 is 1.86. The maximum atomic E-state index is 4.27. The third-order valence-corrected chi connectivity index (χ3v) is 3.86. The molecule has 5 nitrogen and oxygen atoms in total. The summed E-state index contributed by atoms with van der Waals surface area (Å²) in [7, 11) is 3.72. The second-order valence-electron chi connectivity index (χ2n) is 5.60. The van der Waals surface area contributed by atoms with Crippen molar-refractivity contribution in [1.82, 2.24) is 20.4 Å². The van der Waals surface area contributed by atoms with E-state index in [-0.39, 0.29) is 0 Å². The first-order valence-corrected chi connectivity index (χ1v) is 7.49. The first-order chi connectivity index (χ1) is 10.5. The molecule has 0 unspecified atom stereocenters. The Hall–Kier alpha value is -2.30. The van der Waals surface area contributed by atoms with Gasteiger partial charge in [-0.2, -0.15) is 5.10 Å². The van der Waals surface area contributed by atoms with Gasteiger partial charge in [0.05, 0.1) is 12.2 Å². The highest BCUT2D eigenvalue weighted by Crippen LogP contribution is 2.15. The fourth-order valence-electron chi connectivity index (χ4n) is 2.63. The van der Waals surface area contributed by atoms with Crippen molar-refractivity contribution in [2.75, 3.05) is 7.05 Å². The topological polar surface area (TPSA) is 54.2 Å². The van der Waals surface area contributed by atoms with E-state index >= 15 is 0 Å². The summed E-state index contributed by atoms with van der Waals surface area (Å²) in [5.74, 6) is 0.792. The molecule has 0 atom stereocenters. The van der Waals surface area contributed by atoms with Gasteiger partial charge in [-0.15, -0.1) is 0 Å². The molecule has 5 heteroatoms. The van der Waals surface area contributed by atoms with Gasteiger partial charge in [-0.25, -0.2) is 0 Å². The molecule has 22 heavy (non-hydrogen) atoms. The van der Waals surface area contributed by atoms with Gasteiger partial charge < -0.3 is 10.6 Å². The van der Waals surface area contributed by atoms with E-state index in [0.717, 1.165) is 18.2 Å². The summed E-state index contributed by atoms with van der Waals surface area (Å²) >= 11 is 0. The van der Waals surface area contributed by atoms with Crippen molar-refractivity contribution in [3.63, 3.8) is 0 Å². The average molecular weight is 299 g/mol. The van der Waals surface area contributed by atoms with Gasteiger partial charge >= 0.3 is 0 Å². The fraction of sp³-hybridized carbons (Fsp3) is 0.412. The number of nitrogens with zero attached hydrogens (tertiary/aromatic N) is 3. The Morgan fingerprint density at radius 3 is 2.32 bits per heavy atom. The molecule has 0 radical (unpaired) electrons. The molecule has 0 aliphatic heterocycles. The number of aliphatic imine (C=N–C) groups is 1. The van der Waals surface area contributed by atoms with Crippen LogP contribution in [0, 0.1) is 20.8 Å². The highest BCUT2D eigenvalue weighted by atomic mass is 15.3. The second kappa shape index (κ2) is 7.11. The maximum absolute atomic E-state index is 4.27. The molecule has 2 aromatic rings. The minimum atomic E-state index is 0.696. The van der Waals surface area contributed by atoms with Crippen molar-refractivity contribution in [2.45, 2.75) is 33.9 Å². The van der Waals surface area contributed by atoms with E-state index in [1.165, 1.54) is 22.3 Å². The lowest BCUT2D eigenvalue weighted by Gasteiger charge is -2.15. The molecular formula is C17H25N5. The molecule has 0 aliphatic carbocycles. The largest absolute Gasteiger partial charge is 0.352 e. The van der Waals surface area contributed by atoms with Gasteiger partial charge in [0, 0.05) is 26.8 Å². The quantitative estimate of drug-likeness (QED) is 0.672. The lowest BCUT2D eigenvalue weighted by Crippen LogP contribution is -2.37. The van der Waals surface area contributed by atoms with Crippen LogP contribution in [-0.2, 0) is 20.1 Å². The predicted molar refractivity (Wildman–Crippen MR) is 90.9 cm³/mol. The SMILES string of the molecule is CN=C(NCc1c(C)cc(C)cc1C)NCc1ccnn1C. The second-order valence-corrected chi connectivity index (χ2v) is 5.60. The van der Waals surface area contributed by atoms with Gasteiger partial charge in [-0.3, -0.25) is 9.67 Å². The molecule has 0 spiro atoms. The van der Waals surface area contributed by atoms with E-state index < -0.39 is 0 Å². The van der Waals surface area contributed by atoms with E-state index in [9.17, 15) is 0 Å². The molecule has 2 N–H and O–H groups in total. The molecule has 0 bridgehead atoms. The summed E-state index contributed by atoms with van der Waals surface area (Å²) in [4.78, 5) is 4.27. The first kappa shape index (κ1) is 16.1. The third-order valence-electron chi connectivity index (χ3n) is 3.86. The van der Waals surface area contributed by atoms with E-state index in [4.69, 9.17) is 0 Å². The molecule has 0 amide bonds. The van der Waals surface area contributed by atoms with Crippen LogP contribution < -0.4 is 10.6 Å². The van der Waals surface area contributed by atoms with Gasteiger partial charge in [-0.1, -0.05) is 17.7 Å². The Bertz CT molecular complexity index is 646. The predicted octanol–water partition coefficient (Wildman–Crippen LogP) is 2.21. The van der Waals surface area contributed by atoms with Gasteiger partial charge in [0.1, 0.15) is 0 Å². The Balaban J connectivity index is 1.96. The van der Waals surface area contributed by atoms with Gasteiger partial charge in [-0.05, 0) is 43.5 Å². The zero-order chi connectivity index (χ0) is 16.1. The summed E-state index contributed by atoms with van der Waals surface area (Å²) in [6.07, 6.45) is 1.80. The van der Waals surface area contributed by atoms with Gasteiger partial charge in [0.15, 0.2) is 5.96 Å². The third kappa shape index (κ3) is 3.87. The molecule has 2 rings (SSSR count). The Labute approximate surface area is 132 Å². The molecular weight excluding hydrogens is 274 g/mol. The standard InChI is InChI=1S/C17H25N5/c1-12-8-13(2)16(14(3)9-12)11-20-17(18-4)19-10-15-6-7-21-22(15)5/h6-9H,10-11H2,1-5H3,(H2,18,19,20). The number of nitrogens with one attached hydrogen (secondary N) is 2. The number of aryl methyl sites for hydroxylation is 4. The van der Waals surface area contributed by atoms with E-state index in [1.54, 1.807) is 13.2 Å². The van der Waals surface area contributed by atoms with Crippen molar-refractivity contribution >= 4 is 5.96 Å². The van der Waals surface area contributed by atoms with Crippen LogP contribution in [0.25, 0.3) is 0 Å². The normalized spacial score (nSPS) is 11.6. The molecule has 1 heterocycles. The van der Waals surface area contributed by atoms with Crippen LogP contribution in [0.1, 0.15) is 27.9 Å². The number of benzene rings is 1. The van der Waals surface area contributed by atoms with Crippen LogP contribution in [0.3, 0.4) is 0 Å². The van der Waals surface area contributed by atoms with E-state index in [0.29, 0.717) is 6.54 Å². The molecule has 0 saturated heterocycles. The van der Waals surface area contributed by atoms with Crippen LogP contribution in [0.4, 0.5) is 0 Å². The zero-order valence-electron chi connectivity index (χ0n) is 14.1. The smallest absolute Gasteiger partial charge is 0.191 e. The highest BCUT2D eigenvalue weighted by molar-refractivity contribution is 5.79. The number of rotatable bonds is 4. The lowest BCUT2D eigenvalue weighted by molar-refractivity contribution is 0.684. The molecule has 0 fully saturated rings. The van der Waals surface area contributed by atoms with Crippen LogP contribution in [0.15, 0.2) is 29.4 Å². The minimum Gasteiger partial charge on any atom is -0.352 e. The molecule has 118 valence electrons. The maximum Gasteiger partial charge on any atom is 0.191 e. The van der Waals surface area contributed by atoms with Crippen molar-refractivity contribution in [3.05, 3.63) is 52.3 Å². The van der Waals surface area contributed by atoms with Crippen molar-refractivity contribution < 1.29 is 0 Å². The van der Waals surface area contributed by atoms with Crippen molar-refractivity contribution in [2.24, 2.45) is 12.0 Å². The van der Waals surface area contributed by atoms with Crippen molar-refractivity contribution in [1.29, 1.82) is 0 Å². The monoisotopic (exact) mass is 299 g/mol. The van der Waals surface area contributed by atoms with E-state index in [1.807, 2.05) is 17.8 Å². The number of aromatic nitrogens is 2. The van der Waals surface area contributed by atoms with Crippen LogP contribution in [0.5, 0.6) is 0 Å². The van der Waals surface area contributed by atoms with Gasteiger partial charge in [0.2, 0.25) is 0 Å². The van der Waals surface area contributed by atoms with Crippen LogP contribution in [-0.4, -0.2) is 22.8 Å². The fourth-order valence-corrected chi connectivity index (χ4v) is 2.63. The van der Waals surface area contributed by atoms with Crippen LogP contribution in [0.2, 0.25) is 0 Å². The lowest BCUT2D eigenvalue weighted by atomic mass is 10.00. The zero-order valence-corrected chi connectivity index (χ0v) is 14.1. The van der Waals surface area contributed by atoms with E-state index in [2.05, 4.69) is 53.6 Å². The highest BCUT2D eigenvalue weighted by Gasteiger charge is 2.06. The Morgan fingerprint density at radius 2 is 1.77 bits per heavy atom. The Kier molecular flexibility index (Phi) is 5.20. The minimum absolute atomic E-state index is 0.696. The molecule has 0 saturated carbocycles. The number of guanidine groups is 1. The summed E-state index contributed by atoms with van der Waals surface area (Å²) in [6, 6.07) is 6.43. The van der Waals surface area contributed by atoms with Crippen LogP contribution >= 0.6 is 0 Å². The summed E-state index contributed by atoms with van der Waals surface area (Å²) in [6.45, 7) is 7.91. The number of hydrogen-bond acceptors (Lipinski definition) is 2. The first-order valence-electron chi connectivity index (χ1n) is 7.49. The molecule has 1 aromatic heterocycles. The average Bonchev–Trinajstić information content (AvgIpc) is 2.86. The van der Waals surface area contributed by atoms with Gasteiger partial charge in [0.25, 0.3) is 0 Å².